The van der Waals surface area contributed by atoms with Crippen LogP contribution in [0.4, 0.5) is 17.1 Å². The van der Waals surface area contributed by atoms with Crippen molar-refractivity contribution in [2.75, 3.05) is 4.90 Å². The van der Waals surface area contributed by atoms with Crippen LogP contribution in [0, 0.1) is 0 Å². The second kappa shape index (κ2) is 15.2. The summed E-state index contributed by atoms with van der Waals surface area (Å²) in [5.74, 6) is 0.581. The van der Waals surface area contributed by atoms with E-state index in [1.54, 1.807) is 0 Å². The van der Waals surface area contributed by atoms with E-state index in [1.807, 2.05) is 22.7 Å². The van der Waals surface area contributed by atoms with Gasteiger partial charge in [-0.25, -0.2) is 0 Å². The minimum atomic E-state index is 0.581. The van der Waals surface area contributed by atoms with Crippen LogP contribution in [0.2, 0.25) is 0 Å². The molecule has 1 aliphatic carbocycles. The minimum Gasteiger partial charge on any atom is -0.309 e. The molecule has 9 aromatic carbocycles. The topological polar surface area (TPSA) is 3.24 Å². The summed E-state index contributed by atoms with van der Waals surface area (Å²) in [5.41, 5.74) is 12.4. The molecule has 1 aliphatic rings. The molecule has 0 N–H and O–H groups in total. The normalized spacial score (nSPS) is 13.5. The lowest BCUT2D eigenvalue weighted by Crippen LogP contribution is -2.13. The van der Waals surface area contributed by atoms with Gasteiger partial charge in [0.25, 0.3) is 0 Å². The molecule has 0 unspecified atom stereocenters. The maximum atomic E-state index is 2.55. The van der Waals surface area contributed by atoms with Gasteiger partial charge in [0.1, 0.15) is 0 Å². The molecule has 1 nitrogen and oxygen atoms in total. The first-order chi connectivity index (χ1) is 30.3. The Kier molecular flexibility index (Phi) is 9.05. The summed E-state index contributed by atoms with van der Waals surface area (Å²) in [6, 6.07) is 72.7. The number of benzene rings is 9. The van der Waals surface area contributed by atoms with Gasteiger partial charge in [0.2, 0.25) is 0 Å². The van der Waals surface area contributed by atoms with Crippen LogP contribution in [-0.4, -0.2) is 0 Å². The molecule has 0 radical (unpaired) electrons. The van der Waals surface area contributed by atoms with Gasteiger partial charge < -0.3 is 4.90 Å². The van der Waals surface area contributed by atoms with Crippen molar-refractivity contribution < 1.29 is 0 Å². The molecule has 0 spiro atoms. The molecule has 1 fully saturated rings. The number of thiophene rings is 2. The number of hydrogen-bond donors (Lipinski definition) is 0. The van der Waals surface area contributed by atoms with Crippen LogP contribution >= 0.6 is 22.7 Å². The lowest BCUT2D eigenvalue weighted by molar-refractivity contribution is 0.445. The van der Waals surface area contributed by atoms with Gasteiger partial charge in [-0.15, -0.1) is 22.7 Å². The monoisotopic (exact) mass is 817 g/mol. The molecule has 12 rings (SSSR count). The Labute approximate surface area is 364 Å². The summed E-state index contributed by atoms with van der Waals surface area (Å²) in [7, 11) is 0. The van der Waals surface area contributed by atoms with Crippen LogP contribution in [0.1, 0.15) is 43.6 Å². The predicted octanol–water partition coefficient (Wildman–Crippen LogP) is 18.1. The Morgan fingerprint density at radius 3 is 1.79 bits per heavy atom. The molecule has 2 aromatic heterocycles. The zero-order valence-corrected chi connectivity index (χ0v) is 35.5. The predicted molar refractivity (Wildman–Crippen MR) is 267 cm³/mol. The molecule has 292 valence electrons. The van der Waals surface area contributed by atoms with Crippen molar-refractivity contribution in [3.8, 4) is 33.4 Å². The molecule has 3 heteroatoms. The summed E-state index contributed by atoms with van der Waals surface area (Å²) in [5, 5.41) is 7.99. The summed E-state index contributed by atoms with van der Waals surface area (Å²) < 4.78 is 5.28. The first-order valence-electron chi connectivity index (χ1n) is 21.7. The smallest absolute Gasteiger partial charge is 0.0540 e. The van der Waals surface area contributed by atoms with E-state index >= 15 is 0 Å². The molecule has 1 saturated carbocycles. The second-order valence-electron chi connectivity index (χ2n) is 16.6. The maximum Gasteiger partial charge on any atom is 0.0540 e. The van der Waals surface area contributed by atoms with E-state index in [4.69, 9.17) is 0 Å². The molecule has 0 aliphatic heterocycles. The van der Waals surface area contributed by atoms with Crippen LogP contribution in [0.3, 0.4) is 0 Å². The summed E-state index contributed by atoms with van der Waals surface area (Å²) in [6.45, 7) is 0. The average molecular weight is 818 g/mol. The summed E-state index contributed by atoms with van der Waals surface area (Å²) in [6.07, 6.45) is 6.48. The van der Waals surface area contributed by atoms with E-state index in [2.05, 4.69) is 199 Å². The van der Waals surface area contributed by atoms with Gasteiger partial charge in [-0.2, -0.15) is 0 Å². The molecular formula is C58H43NS2. The highest BCUT2D eigenvalue weighted by molar-refractivity contribution is 7.26. The third-order valence-electron chi connectivity index (χ3n) is 13.1. The number of fused-ring (bicyclic) bond motifs is 7. The standard InChI is InChI=1S/C58H43NS2/c1-2-17-38(18-3-1)42-27-13-19-39-20-14-29-47(56(39)42)44-23-4-8-32-51(44)59(41-22-12-21-40(37-41)43-28-16-36-55-57(43)50-26-7-11-35-54(50)60-55)52-33-9-5-24-45(52)48-30-15-31-49-46-25-6-10-34-53(46)61-58(48)49/h4-16,19-38H,1-3,17-18H2. The summed E-state index contributed by atoms with van der Waals surface area (Å²) >= 11 is 3.78. The Morgan fingerprint density at radius 2 is 0.967 bits per heavy atom. The van der Waals surface area contributed by atoms with Crippen molar-refractivity contribution in [3.05, 3.63) is 200 Å². The van der Waals surface area contributed by atoms with Crippen molar-refractivity contribution in [1.29, 1.82) is 0 Å². The highest BCUT2D eigenvalue weighted by Crippen LogP contribution is 2.50. The van der Waals surface area contributed by atoms with Gasteiger partial charge in [-0.05, 0) is 94.3 Å². The van der Waals surface area contributed by atoms with Crippen LogP contribution in [0.15, 0.2) is 194 Å². The molecular weight excluding hydrogens is 775 g/mol. The van der Waals surface area contributed by atoms with Crippen molar-refractivity contribution in [2.24, 2.45) is 0 Å². The molecule has 0 saturated heterocycles. The van der Waals surface area contributed by atoms with Crippen LogP contribution in [0.5, 0.6) is 0 Å². The molecule has 0 amide bonds. The van der Waals surface area contributed by atoms with Crippen molar-refractivity contribution >= 4 is 90.9 Å². The number of para-hydroxylation sites is 2. The number of nitrogens with zero attached hydrogens (tertiary/aromatic N) is 1. The zero-order valence-electron chi connectivity index (χ0n) is 33.9. The molecule has 61 heavy (non-hydrogen) atoms. The van der Waals surface area contributed by atoms with Crippen LogP contribution in [-0.2, 0) is 0 Å². The Balaban J connectivity index is 1.12. The fraction of sp³-hybridized carbons (Fsp3) is 0.103. The fourth-order valence-electron chi connectivity index (χ4n) is 10.3. The van der Waals surface area contributed by atoms with Crippen molar-refractivity contribution in [3.63, 3.8) is 0 Å². The van der Waals surface area contributed by atoms with Gasteiger partial charge in [0.15, 0.2) is 0 Å². The minimum absolute atomic E-state index is 0.581. The lowest BCUT2D eigenvalue weighted by Gasteiger charge is -2.31. The van der Waals surface area contributed by atoms with E-state index < -0.39 is 0 Å². The first-order valence-corrected chi connectivity index (χ1v) is 23.3. The zero-order chi connectivity index (χ0) is 40.3. The molecule has 0 atom stereocenters. The van der Waals surface area contributed by atoms with E-state index in [-0.39, 0.29) is 0 Å². The first kappa shape index (κ1) is 36.3. The Hall–Kier alpha value is -6.52. The number of rotatable bonds is 7. The fourth-order valence-corrected chi connectivity index (χ4v) is 12.7. The van der Waals surface area contributed by atoms with Crippen LogP contribution < -0.4 is 4.90 Å². The maximum absolute atomic E-state index is 2.55. The average Bonchev–Trinajstić information content (AvgIpc) is 3.91. The molecule has 2 heterocycles. The Morgan fingerprint density at radius 1 is 0.393 bits per heavy atom. The third kappa shape index (κ3) is 6.18. The van der Waals surface area contributed by atoms with Gasteiger partial charge in [-0.1, -0.05) is 171 Å². The lowest BCUT2D eigenvalue weighted by atomic mass is 9.80. The quantitative estimate of drug-likeness (QED) is 0.155. The van der Waals surface area contributed by atoms with Crippen molar-refractivity contribution in [1.82, 2.24) is 0 Å². The second-order valence-corrected chi connectivity index (χ2v) is 18.7. The Bertz CT molecular complexity index is 3430. The SMILES string of the molecule is c1cc(-c2cccc3sc4ccccc4c23)cc(N(c2ccccc2-c2cccc3c2sc2ccccc23)c2ccccc2-c2cccc3cccc(C4CCCCC4)c23)c1. The molecule has 11 aromatic rings. The van der Waals surface area contributed by atoms with Gasteiger partial charge in [-0.3, -0.25) is 0 Å². The number of hydrogen-bond acceptors (Lipinski definition) is 3. The largest absolute Gasteiger partial charge is 0.309 e. The van der Waals surface area contributed by atoms with E-state index in [9.17, 15) is 0 Å². The van der Waals surface area contributed by atoms with Gasteiger partial charge in [0, 0.05) is 62.7 Å². The van der Waals surface area contributed by atoms with E-state index in [1.165, 1.54) is 128 Å². The van der Waals surface area contributed by atoms with E-state index in [0.717, 1.165) is 11.4 Å². The number of anilines is 3. The highest BCUT2D eigenvalue weighted by atomic mass is 32.1. The van der Waals surface area contributed by atoms with E-state index in [0.29, 0.717) is 5.92 Å². The van der Waals surface area contributed by atoms with Gasteiger partial charge >= 0.3 is 0 Å². The van der Waals surface area contributed by atoms with Crippen molar-refractivity contribution in [2.45, 2.75) is 38.0 Å². The third-order valence-corrected chi connectivity index (χ3v) is 15.4. The summed E-state index contributed by atoms with van der Waals surface area (Å²) in [4.78, 5) is 2.55. The highest BCUT2D eigenvalue weighted by Gasteiger charge is 2.25. The molecule has 0 bridgehead atoms. The van der Waals surface area contributed by atoms with Crippen LogP contribution in [0.25, 0.3) is 84.5 Å². The van der Waals surface area contributed by atoms with Gasteiger partial charge in [0.05, 0.1) is 11.4 Å².